The Morgan fingerprint density at radius 2 is 1.75 bits per heavy atom. The van der Waals surface area contributed by atoms with Crippen LogP contribution >= 0.6 is 0 Å². The third-order valence-electron chi connectivity index (χ3n) is 3.90. The van der Waals surface area contributed by atoms with Crippen molar-refractivity contribution in [3.63, 3.8) is 0 Å². The van der Waals surface area contributed by atoms with Gasteiger partial charge in [0.2, 0.25) is 5.88 Å². The molecule has 0 atom stereocenters. The Morgan fingerprint density at radius 3 is 2.43 bits per heavy atom. The van der Waals surface area contributed by atoms with E-state index in [1.165, 1.54) is 12.4 Å². The van der Waals surface area contributed by atoms with Gasteiger partial charge in [0.15, 0.2) is 11.5 Å². The molecule has 3 rings (SSSR count). The lowest BCUT2D eigenvalue weighted by molar-refractivity contribution is -0.137. The number of benzene rings is 2. The summed E-state index contributed by atoms with van der Waals surface area (Å²) in [5.41, 5.74) is 1.52. The molecule has 1 heterocycles. The number of carbonyl (C=O) groups excluding carboxylic acids is 1. The number of hydrogen-bond acceptors (Lipinski definition) is 7. The molecule has 2 aromatic carbocycles. The van der Waals surface area contributed by atoms with Crippen LogP contribution in [0.5, 0.6) is 23.1 Å². The van der Waals surface area contributed by atoms with Gasteiger partial charge in [-0.05, 0) is 36.8 Å². The molecule has 7 heteroatoms. The number of methoxy groups -OCH3 is 2. The number of esters is 1. The third kappa shape index (κ3) is 4.37. The zero-order chi connectivity index (χ0) is 19.9. The van der Waals surface area contributed by atoms with Gasteiger partial charge in [-0.25, -0.2) is 14.8 Å². The van der Waals surface area contributed by atoms with Crippen LogP contribution in [0.25, 0.3) is 17.0 Å². The van der Waals surface area contributed by atoms with Crippen molar-refractivity contribution < 1.29 is 23.7 Å². The van der Waals surface area contributed by atoms with E-state index in [1.54, 1.807) is 51.5 Å². The maximum atomic E-state index is 11.4. The smallest absolute Gasteiger partial charge is 0.330 e. The number of rotatable bonds is 7. The molecule has 28 heavy (non-hydrogen) atoms. The zero-order valence-corrected chi connectivity index (χ0v) is 15.8. The first-order chi connectivity index (χ1) is 13.6. The molecule has 0 amide bonds. The lowest BCUT2D eigenvalue weighted by Gasteiger charge is -2.11. The van der Waals surface area contributed by atoms with E-state index in [1.807, 2.05) is 12.1 Å². The average molecular weight is 380 g/mol. The standard InChI is InChI=1S/C21H20N2O5/c1-4-27-20(24)10-7-14-5-8-15(9-6-14)28-21-16-11-18(25-2)19(26-3)12-17(16)22-13-23-21/h5-13H,4H2,1-3H3/b10-7+. The molecule has 0 aliphatic rings. The second-order valence-corrected chi connectivity index (χ2v) is 5.66. The second kappa shape index (κ2) is 8.85. The van der Waals surface area contributed by atoms with E-state index in [-0.39, 0.29) is 5.97 Å². The van der Waals surface area contributed by atoms with Crippen molar-refractivity contribution in [1.82, 2.24) is 9.97 Å². The Hall–Kier alpha value is -3.61. The molecule has 1 aromatic heterocycles. The van der Waals surface area contributed by atoms with Gasteiger partial charge in [-0.15, -0.1) is 0 Å². The summed E-state index contributed by atoms with van der Waals surface area (Å²) >= 11 is 0. The second-order valence-electron chi connectivity index (χ2n) is 5.66. The van der Waals surface area contributed by atoms with Crippen molar-refractivity contribution in [1.29, 1.82) is 0 Å². The molecule has 3 aromatic rings. The highest BCUT2D eigenvalue weighted by Crippen LogP contribution is 2.35. The summed E-state index contributed by atoms with van der Waals surface area (Å²) in [6.45, 7) is 2.11. The highest BCUT2D eigenvalue weighted by molar-refractivity contribution is 5.87. The summed E-state index contributed by atoms with van der Waals surface area (Å²) in [4.78, 5) is 19.9. The van der Waals surface area contributed by atoms with Crippen LogP contribution in [-0.2, 0) is 9.53 Å². The molecule has 7 nitrogen and oxygen atoms in total. The van der Waals surface area contributed by atoms with Crippen LogP contribution in [0, 0.1) is 0 Å². The summed E-state index contributed by atoms with van der Waals surface area (Å²) in [5.74, 6) is 1.77. The highest BCUT2D eigenvalue weighted by atomic mass is 16.5. The largest absolute Gasteiger partial charge is 0.493 e. The zero-order valence-electron chi connectivity index (χ0n) is 15.8. The van der Waals surface area contributed by atoms with E-state index in [4.69, 9.17) is 18.9 Å². The number of ether oxygens (including phenoxy) is 4. The van der Waals surface area contributed by atoms with E-state index in [2.05, 4.69) is 9.97 Å². The summed E-state index contributed by atoms with van der Waals surface area (Å²) in [7, 11) is 3.14. The predicted octanol–water partition coefficient (Wildman–Crippen LogP) is 4.02. The van der Waals surface area contributed by atoms with Gasteiger partial charge in [0.05, 0.1) is 31.7 Å². The third-order valence-corrected chi connectivity index (χ3v) is 3.90. The van der Waals surface area contributed by atoms with Crippen molar-refractivity contribution in [2.75, 3.05) is 20.8 Å². The van der Waals surface area contributed by atoms with Gasteiger partial charge in [-0.2, -0.15) is 0 Å². The minimum absolute atomic E-state index is 0.347. The molecule has 0 unspecified atom stereocenters. The number of fused-ring (bicyclic) bond motifs is 1. The SMILES string of the molecule is CCOC(=O)/C=C/c1ccc(Oc2ncnc3cc(OC)c(OC)cc23)cc1. The molecule has 0 spiro atoms. The Kier molecular flexibility index (Phi) is 6.06. The normalized spacial score (nSPS) is 10.8. The quantitative estimate of drug-likeness (QED) is 0.452. The maximum absolute atomic E-state index is 11.4. The van der Waals surface area contributed by atoms with Crippen LogP contribution < -0.4 is 14.2 Å². The first-order valence-corrected chi connectivity index (χ1v) is 8.64. The van der Waals surface area contributed by atoms with Crippen molar-refractivity contribution in [2.45, 2.75) is 6.92 Å². The summed E-state index contributed by atoms with van der Waals surface area (Å²) in [6, 6.07) is 10.8. The number of nitrogens with zero attached hydrogens (tertiary/aromatic N) is 2. The average Bonchev–Trinajstić information content (AvgIpc) is 2.72. The first-order valence-electron chi connectivity index (χ1n) is 8.64. The summed E-state index contributed by atoms with van der Waals surface area (Å²) in [5, 5.41) is 0.700. The monoisotopic (exact) mass is 380 g/mol. The van der Waals surface area contributed by atoms with Crippen molar-refractivity contribution in [2.24, 2.45) is 0 Å². The van der Waals surface area contributed by atoms with E-state index < -0.39 is 0 Å². The Morgan fingerprint density at radius 1 is 1.04 bits per heavy atom. The van der Waals surface area contributed by atoms with E-state index in [0.29, 0.717) is 40.6 Å². The van der Waals surface area contributed by atoms with Crippen molar-refractivity contribution in [3.05, 3.63) is 54.4 Å². The van der Waals surface area contributed by atoms with Gasteiger partial charge in [0.1, 0.15) is 12.1 Å². The molecule has 0 fully saturated rings. The molecular weight excluding hydrogens is 360 g/mol. The van der Waals surface area contributed by atoms with Gasteiger partial charge < -0.3 is 18.9 Å². The Labute approximate surface area is 162 Å². The highest BCUT2D eigenvalue weighted by Gasteiger charge is 2.12. The van der Waals surface area contributed by atoms with Gasteiger partial charge >= 0.3 is 5.97 Å². The molecular formula is C21H20N2O5. The minimum atomic E-state index is -0.375. The fourth-order valence-electron chi connectivity index (χ4n) is 2.55. The molecule has 0 bridgehead atoms. The summed E-state index contributed by atoms with van der Waals surface area (Å²) < 4.78 is 21.4. The predicted molar refractivity (Wildman–Crippen MR) is 105 cm³/mol. The Balaban J connectivity index is 1.83. The van der Waals surface area contributed by atoms with E-state index in [0.717, 1.165) is 5.56 Å². The molecule has 0 aliphatic carbocycles. The number of carbonyl (C=O) groups is 1. The molecule has 0 aliphatic heterocycles. The first kappa shape index (κ1) is 19.2. The summed E-state index contributed by atoms with van der Waals surface area (Å²) in [6.07, 6.45) is 4.50. The lowest BCUT2D eigenvalue weighted by Crippen LogP contribution is -1.98. The van der Waals surface area contributed by atoms with Crippen LogP contribution in [-0.4, -0.2) is 36.8 Å². The van der Waals surface area contributed by atoms with Gasteiger partial charge in [0, 0.05) is 12.1 Å². The van der Waals surface area contributed by atoms with Gasteiger partial charge in [-0.3, -0.25) is 0 Å². The van der Waals surface area contributed by atoms with Gasteiger partial charge in [0.25, 0.3) is 0 Å². The minimum Gasteiger partial charge on any atom is -0.493 e. The Bertz CT molecular complexity index is 1000. The van der Waals surface area contributed by atoms with Crippen molar-refractivity contribution >= 4 is 22.9 Å². The molecule has 0 saturated heterocycles. The van der Waals surface area contributed by atoms with Crippen LogP contribution in [0.15, 0.2) is 48.8 Å². The fourth-order valence-corrected chi connectivity index (χ4v) is 2.55. The van der Waals surface area contributed by atoms with Crippen LogP contribution in [0.2, 0.25) is 0 Å². The van der Waals surface area contributed by atoms with E-state index >= 15 is 0 Å². The lowest BCUT2D eigenvalue weighted by atomic mass is 10.2. The molecule has 144 valence electrons. The maximum Gasteiger partial charge on any atom is 0.330 e. The van der Waals surface area contributed by atoms with Gasteiger partial charge in [-0.1, -0.05) is 12.1 Å². The molecule has 0 radical (unpaired) electrons. The van der Waals surface area contributed by atoms with Crippen LogP contribution in [0.4, 0.5) is 0 Å². The topological polar surface area (TPSA) is 79.8 Å². The number of hydrogen-bond donors (Lipinski definition) is 0. The van der Waals surface area contributed by atoms with Crippen LogP contribution in [0.3, 0.4) is 0 Å². The van der Waals surface area contributed by atoms with E-state index in [9.17, 15) is 4.79 Å². The number of aromatic nitrogens is 2. The van der Waals surface area contributed by atoms with Crippen molar-refractivity contribution in [3.8, 4) is 23.1 Å². The fraction of sp³-hybridized carbons (Fsp3) is 0.190. The van der Waals surface area contributed by atoms with Crippen LogP contribution in [0.1, 0.15) is 12.5 Å². The molecule has 0 saturated carbocycles. The molecule has 0 N–H and O–H groups in total.